The molecule has 25 heavy (non-hydrogen) atoms. The minimum atomic E-state index is -0.463. The Morgan fingerprint density at radius 2 is 1.56 bits per heavy atom. The van der Waals surface area contributed by atoms with Gasteiger partial charge in [0.05, 0.1) is 0 Å². The Bertz CT molecular complexity index is 713. The van der Waals surface area contributed by atoms with Gasteiger partial charge in [-0.05, 0) is 49.2 Å². The van der Waals surface area contributed by atoms with Crippen LogP contribution in [0.15, 0.2) is 36.4 Å². The van der Waals surface area contributed by atoms with E-state index in [1.165, 1.54) is 18.5 Å². The van der Waals surface area contributed by atoms with E-state index in [2.05, 4.69) is 37.9 Å². The largest absolute Gasteiger partial charge is 0.372 e. The van der Waals surface area contributed by atoms with Crippen LogP contribution in [0, 0.1) is 5.41 Å². The molecule has 6 heteroatoms. The number of amides is 1. The van der Waals surface area contributed by atoms with Crippen LogP contribution in [0.2, 0.25) is 0 Å². The lowest BCUT2D eigenvalue weighted by Gasteiger charge is -2.18. The van der Waals surface area contributed by atoms with Gasteiger partial charge in [-0.15, -0.1) is 10.2 Å². The highest BCUT2D eigenvalue weighted by atomic mass is 16.2. The van der Waals surface area contributed by atoms with E-state index < -0.39 is 5.41 Å². The SMILES string of the molecule is CC(C)(C)C(=O)Nc1ccc(Nc2ccc(N3CCCC3)cc2)nn1. The summed E-state index contributed by atoms with van der Waals surface area (Å²) >= 11 is 0. The smallest absolute Gasteiger partial charge is 0.230 e. The second-order valence-electron chi connectivity index (χ2n) is 7.37. The zero-order chi connectivity index (χ0) is 17.9. The number of anilines is 4. The maximum Gasteiger partial charge on any atom is 0.230 e. The summed E-state index contributed by atoms with van der Waals surface area (Å²) in [6, 6.07) is 11.9. The van der Waals surface area contributed by atoms with Gasteiger partial charge in [-0.25, -0.2) is 0 Å². The number of carbonyl (C=O) groups excluding carboxylic acids is 1. The molecule has 132 valence electrons. The number of rotatable bonds is 4. The molecule has 1 aromatic heterocycles. The van der Waals surface area contributed by atoms with Crippen molar-refractivity contribution in [2.75, 3.05) is 28.6 Å². The van der Waals surface area contributed by atoms with Crippen LogP contribution in [0.5, 0.6) is 0 Å². The summed E-state index contributed by atoms with van der Waals surface area (Å²) < 4.78 is 0. The van der Waals surface area contributed by atoms with Crippen LogP contribution >= 0.6 is 0 Å². The van der Waals surface area contributed by atoms with Crippen LogP contribution in [0.1, 0.15) is 33.6 Å². The van der Waals surface area contributed by atoms with Crippen molar-refractivity contribution in [2.24, 2.45) is 5.41 Å². The van der Waals surface area contributed by atoms with Gasteiger partial charge in [0.1, 0.15) is 0 Å². The minimum Gasteiger partial charge on any atom is -0.372 e. The highest BCUT2D eigenvalue weighted by Crippen LogP contribution is 2.23. The average molecular weight is 339 g/mol. The van der Waals surface area contributed by atoms with Crippen molar-refractivity contribution in [3.05, 3.63) is 36.4 Å². The van der Waals surface area contributed by atoms with E-state index in [4.69, 9.17) is 0 Å². The highest BCUT2D eigenvalue weighted by Gasteiger charge is 2.21. The average Bonchev–Trinajstić information content (AvgIpc) is 3.11. The molecule has 6 nitrogen and oxygen atoms in total. The standard InChI is InChI=1S/C19H25N5O/c1-19(2,3)18(25)21-17-11-10-16(22-23-17)20-14-6-8-15(9-7-14)24-12-4-5-13-24/h6-11H,4-5,12-13H2,1-3H3,(H,20,22)(H,21,23,25). The van der Waals surface area contributed by atoms with E-state index in [9.17, 15) is 4.79 Å². The number of nitrogens with zero attached hydrogens (tertiary/aromatic N) is 3. The molecule has 2 aromatic rings. The van der Waals surface area contributed by atoms with Crippen molar-refractivity contribution >= 4 is 28.9 Å². The van der Waals surface area contributed by atoms with E-state index >= 15 is 0 Å². The van der Waals surface area contributed by atoms with Gasteiger partial charge in [-0.2, -0.15) is 0 Å². The molecule has 0 spiro atoms. The van der Waals surface area contributed by atoms with Gasteiger partial charge < -0.3 is 15.5 Å². The molecule has 1 aliphatic heterocycles. The maximum atomic E-state index is 12.0. The first-order valence-electron chi connectivity index (χ1n) is 8.69. The Labute approximate surface area is 148 Å². The lowest BCUT2D eigenvalue weighted by molar-refractivity contribution is -0.123. The normalized spacial score (nSPS) is 14.4. The van der Waals surface area contributed by atoms with Crippen molar-refractivity contribution in [2.45, 2.75) is 33.6 Å². The van der Waals surface area contributed by atoms with E-state index in [0.29, 0.717) is 11.6 Å². The first-order chi connectivity index (χ1) is 11.9. The third kappa shape index (κ3) is 4.47. The fraction of sp³-hybridized carbons (Fsp3) is 0.421. The summed E-state index contributed by atoms with van der Waals surface area (Å²) in [5.41, 5.74) is 1.76. The van der Waals surface area contributed by atoms with Crippen molar-refractivity contribution in [3.63, 3.8) is 0 Å². The van der Waals surface area contributed by atoms with Gasteiger partial charge in [0.2, 0.25) is 5.91 Å². The van der Waals surface area contributed by atoms with Gasteiger partial charge in [0.15, 0.2) is 11.6 Å². The summed E-state index contributed by atoms with van der Waals surface area (Å²) in [6.07, 6.45) is 2.54. The fourth-order valence-corrected chi connectivity index (χ4v) is 2.65. The molecule has 0 saturated carbocycles. The van der Waals surface area contributed by atoms with Crippen LogP contribution in [-0.2, 0) is 4.79 Å². The maximum absolute atomic E-state index is 12.0. The number of hydrogen-bond donors (Lipinski definition) is 2. The predicted octanol–water partition coefficient (Wildman–Crippen LogP) is 3.81. The van der Waals surface area contributed by atoms with E-state index in [1.54, 1.807) is 12.1 Å². The predicted molar refractivity (Wildman–Crippen MR) is 101 cm³/mol. The van der Waals surface area contributed by atoms with E-state index in [0.717, 1.165) is 18.8 Å². The molecule has 0 atom stereocenters. The molecule has 1 amide bonds. The molecule has 1 aliphatic rings. The van der Waals surface area contributed by atoms with Crippen LogP contribution in [-0.4, -0.2) is 29.2 Å². The van der Waals surface area contributed by atoms with Crippen molar-refractivity contribution < 1.29 is 4.79 Å². The summed E-state index contributed by atoms with van der Waals surface area (Å²) in [5.74, 6) is 1.01. The third-order valence-corrected chi connectivity index (χ3v) is 4.20. The fourth-order valence-electron chi connectivity index (χ4n) is 2.65. The topological polar surface area (TPSA) is 70.2 Å². The van der Waals surface area contributed by atoms with Gasteiger partial charge >= 0.3 is 0 Å². The zero-order valence-corrected chi connectivity index (χ0v) is 15.0. The molecule has 1 aromatic carbocycles. The molecule has 3 rings (SSSR count). The van der Waals surface area contributed by atoms with Crippen molar-refractivity contribution in [1.29, 1.82) is 0 Å². The zero-order valence-electron chi connectivity index (χ0n) is 15.0. The minimum absolute atomic E-state index is 0.0833. The third-order valence-electron chi connectivity index (χ3n) is 4.20. The van der Waals surface area contributed by atoms with E-state index in [-0.39, 0.29) is 5.91 Å². The van der Waals surface area contributed by atoms with Gasteiger partial charge in [-0.1, -0.05) is 20.8 Å². The molecule has 1 fully saturated rings. The first-order valence-corrected chi connectivity index (χ1v) is 8.69. The second kappa shape index (κ2) is 7.09. The second-order valence-corrected chi connectivity index (χ2v) is 7.37. The number of aromatic nitrogens is 2. The summed E-state index contributed by atoms with van der Waals surface area (Å²) in [6.45, 7) is 7.85. The Morgan fingerprint density at radius 3 is 2.12 bits per heavy atom. The molecular formula is C19H25N5O. The molecule has 0 bridgehead atoms. The van der Waals surface area contributed by atoms with Crippen molar-refractivity contribution in [1.82, 2.24) is 10.2 Å². The molecule has 2 N–H and O–H groups in total. The lowest BCUT2D eigenvalue weighted by Crippen LogP contribution is -2.28. The van der Waals surface area contributed by atoms with Crippen LogP contribution in [0.3, 0.4) is 0 Å². The number of nitrogens with one attached hydrogen (secondary N) is 2. The Balaban J connectivity index is 1.60. The van der Waals surface area contributed by atoms with Gasteiger partial charge in [-0.3, -0.25) is 4.79 Å². The molecule has 0 aliphatic carbocycles. The molecule has 0 radical (unpaired) electrons. The number of hydrogen-bond acceptors (Lipinski definition) is 5. The molecule has 0 unspecified atom stereocenters. The monoisotopic (exact) mass is 339 g/mol. The van der Waals surface area contributed by atoms with Gasteiger partial charge in [0.25, 0.3) is 0 Å². The number of benzene rings is 1. The van der Waals surface area contributed by atoms with Gasteiger partial charge in [0, 0.05) is 29.9 Å². The Hall–Kier alpha value is -2.63. The van der Waals surface area contributed by atoms with Crippen LogP contribution in [0.25, 0.3) is 0 Å². The number of carbonyl (C=O) groups is 1. The quantitative estimate of drug-likeness (QED) is 0.886. The van der Waals surface area contributed by atoms with Crippen LogP contribution in [0.4, 0.5) is 23.0 Å². The molecule has 1 saturated heterocycles. The van der Waals surface area contributed by atoms with Crippen molar-refractivity contribution in [3.8, 4) is 0 Å². The Kier molecular flexibility index (Phi) is 4.88. The highest BCUT2D eigenvalue weighted by molar-refractivity contribution is 5.93. The van der Waals surface area contributed by atoms with Crippen LogP contribution < -0.4 is 15.5 Å². The molecular weight excluding hydrogens is 314 g/mol. The summed E-state index contributed by atoms with van der Waals surface area (Å²) in [7, 11) is 0. The summed E-state index contributed by atoms with van der Waals surface area (Å²) in [5, 5.41) is 14.2. The Morgan fingerprint density at radius 1 is 0.960 bits per heavy atom. The first kappa shape index (κ1) is 17.2. The van der Waals surface area contributed by atoms with E-state index in [1.807, 2.05) is 32.9 Å². The summed E-state index contributed by atoms with van der Waals surface area (Å²) in [4.78, 5) is 14.4. The lowest BCUT2D eigenvalue weighted by atomic mass is 9.96. The molecule has 2 heterocycles.